The molecule has 0 aromatic carbocycles. The molecule has 0 spiro atoms. The lowest BCUT2D eigenvalue weighted by atomic mass is 10.2. The zero-order valence-electron chi connectivity index (χ0n) is 16.5. The molecule has 0 amide bonds. The van der Waals surface area contributed by atoms with E-state index in [9.17, 15) is 26.4 Å². The molecule has 3 aromatic rings. The van der Waals surface area contributed by atoms with Gasteiger partial charge in [0.2, 0.25) is 0 Å². The maximum absolute atomic E-state index is 13.2. The average Bonchev–Trinajstić information content (AvgIpc) is 3.40. The Morgan fingerprint density at radius 2 is 2.00 bits per heavy atom. The van der Waals surface area contributed by atoms with E-state index >= 15 is 0 Å². The monoisotopic (exact) mass is 526 g/mol. The molecule has 15 heteroatoms. The molecule has 0 saturated heterocycles. The lowest BCUT2D eigenvalue weighted by molar-refractivity contribution is -0.141. The summed E-state index contributed by atoms with van der Waals surface area (Å²) in [7, 11) is -3.05. The van der Waals surface area contributed by atoms with Gasteiger partial charge in [-0.15, -0.1) is 21.5 Å². The third-order valence-electron chi connectivity index (χ3n) is 4.10. The molecule has 0 aliphatic carbocycles. The molecular weight excluding hydrogens is 509 g/mol. The van der Waals surface area contributed by atoms with Crippen molar-refractivity contribution in [3.63, 3.8) is 0 Å². The maximum Gasteiger partial charge on any atom is 0.435 e. The van der Waals surface area contributed by atoms with Gasteiger partial charge in [-0.05, 0) is 36.0 Å². The van der Waals surface area contributed by atoms with Gasteiger partial charge in [0.15, 0.2) is 21.0 Å². The summed E-state index contributed by atoms with van der Waals surface area (Å²) in [5, 5.41) is 19.5. The Balaban J connectivity index is 1.84. The summed E-state index contributed by atoms with van der Waals surface area (Å²) >= 11 is 2.66. The second-order valence-electron chi connectivity index (χ2n) is 6.69. The predicted octanol–water partition coefficient (Wildman–Crippen LogP) is 4.55. The van der Waals surface area contributed by atoms with Crippen LogP contribution in [0.2, 0.25) is 0 Å². The standard InChI is InChI=1S/C17H17F3N4O4S4/c1-32(27,28)9-4-2-3-7-24-13(10-6-5-8-29-10)22-23-15(24)31-16-21-12(17(18,19)20)11(30-16)14(25)26/h5-6,8H,2-4,7,9H2,1H3,(H,25,26). The van der Waals surface area contributed by atoms with Crippen molar-refractivity contribution in [2.75, 3.05) is 12.0 Å². The Labute approximate surface area is 193 Å². The fraction of sp³-hybridized carbons (Fsp3) is 0.412. The van der Waals surface area contributed by atoms with E-state index < -0.39 is 32.6 Å². The lowest BCUT2D eigenvalue weighted by Gasteiger charge is -2.08. The highest BCUT2D eigenvalue weighted by atomic mass is 32.2. The van der Waals surface area contributed by atoms with Gasteiger partial charge in [0.25, 0.3) is 0 Å². The van der Waals surface area contributed by atoms with E-state index in [2.05, 4.69) is 15.2 Å². The largest absolute Gasteiger partial charge is 0.477 e. The first-order valence-corrected chi connectivity index (χ1v) is 13.7. The van der Waals surface area contributed by atoms with Crippen LogP contribution >= 0.6 is 34.4 Å². The number of hydrogen-bond acceptors (Lipinski definition) is 9. The minimum Gasteiger partial charge on any atom is -0.477 e. The quantitative estimate of drug-likeness (QED) is 0.383. The predicted molar refractivity (Wildman–Crippen MR) is 115 cm³/mol. The van der Waals surface area contributed by atoms with E-state index in [0.717, 1.165) is 16.6 Å². The number of alkyl halides is 3. The van der Waals surface area contributed by atoms with Crippen LogP contribution in [-0.4, -0.2) is 51.3 Å². The van der Waals surface area contributed by atoms with E-state index in [1.807, 2.05) is 17.5 Å². The minimum atomic E-state index is -4.89. The van der Waals surface area contributed by atoms with Crippen molar-refractivity contribution in [1.82, 2.24) is 19.7 Å². The first-order chi connectivity index (χ1) is 15.0. The molecule has 174 valence electrons. The van der Waals surface area contributed by atoms with Gasteiger partial charge in [-0.25, -0.2) is 18.2 Å². The summed E-state index contributed by atoms with van der Waals surface area (Å²) in [6, 6.07) is 3.66. The molecule has 0 atom stereocenters. The smallest absolute Gasteiger partial charge is 0.435 e. The van der Waals surface area contributed by atoms with Gasteiger partial charge in [0, 0.05) is 18.6 Å². The molecule has 0 radical (unpaired) electrons. The van der Waals surface area contributed by atoms with E-state index in [1.54, 1.807) is 4.57 Å². The van der Waals surface area contributed by atoms with Crippen LogP contribution < -0.4 is 0 Å². The Hall–Kier alpha value is -1.97. The summed E-state index contributed by atoms with van der Waals surface area (Å²) < 4.78 is 63.6. The van der Waals surface area contributed by atoms with Crippen molar-refractivity contribution in [2.45, 2.75) is 41.5 Å². The molecular formula is C17H17F3N4O4S4. The van der Waals surface area contributed by atoms with E-state index in [0.29, 0.717) is 43.0 Å². The molecule has 0 fully saturated rings. The number of carbonyl (C=O) groups is 1. The second-order valence-corrected chi connectivity index (χ2v) is 12.1. The highest BCUT2D eigenvalue weighted by molar-refractivity contribution is 8.00. The van der Waals surface area contributed by atoms with Crippen molar-refractivity contribution in [3.05, 3.63) is 28.1 Å². The number of unbranched alkanes of at least 4 members (excludes halogenated alkanes) is 2. The van der Waals surface area contributed by atoms with Gasteiger partial charge in [0.1, 0.15) is 14.7 Å². The normalized spacial score (nSPS) is 12.4. The lowest BCUT2D eigenvalue weighted by Crippen LogP contribution is -2.11. The van der Waals surface area contributed by atoms with Crippen molar-refractivity contribution in [3.8, 4) is 10.7 Å². The molecule has 3 heterocycles. The number of hydrogen-bond donors (Lipinski definition) is 1. The third-order valence-corrected chi connectivity index (χ3v) is 8.09. The number of rotatable bonds is 10. The molecule has 8 nitrogen and oxygen atoms in total. The van der Waals surface area contributed by atoms with Crippen molar-refractivity contribution in [1.29, 1.82) is 0 Å². The third kappa shape index (κ3) is 6.30. The number of thiophene rings is 1. The van der Waals surface area contributed by atoms with E-state index in [1.165, 1.54) is 17.6 Å². The number of aromatic nitrogens is 4. The number of carboxylic acids is 1. The topological polar surface area (TPSA) is 115 Å². The second kappa shape index (κ2) is 9.89. The van der Waals surface area contributed by atoms with E-state index in [4.69, 9.17) is 5.11 Å². The summed E-state index contributed by atoms with van der Waals surface area (Å²) in [6.07, 6.45) is -2.01. The fourth-order valence-electron chi connectivity index (χ4n) is 2.72. The van der Waals surface area contributed by atoms with Crippen LogP contribution in [0.5, 0.6) is 0 Å². The van der Waals surface area contributed by atoms with Crippen LogP contribution in [0.25, 0.3) is 10.7 Å². The van der Waals surface area contributed by atoms with Crippen LogP contribution in [0, 0.1) is 0 Å². The fourth-order valence-corrected chi connectivity index (χ4v) is 6.13. The minimum absolute atomic E-state index is 0.0753. The van der Waals surface area contributed by atoms with Crippen LogP contribution in [0.15, 0.2) is 27.0 Å². The molecule has 3 aromatic heterocycles. The Bertz CT molecular complexity index is 1190. The number of halogens is 3. The summed E-state index contributed by atoms with van der Waals surface area (Å²) in [5.41, 5.74) is -1.44. The molecule has 0 unspecified atom stereocenters. The van der Waals surface area contributed by atoms with Crippen LogP contribution in [-0.2, 0) is 22.6 Å². The molecule has 32 heavy (non-hydrogen) atoms. The van der Waals surface area contributed by atoms with Gasteiger partial charge in [-0.2, -0.15) is 13.2 Å². The molecule has 0 aliphatic rings. The van der Waals surface area contributed by atoms with E-state index in [-0.39, 0.29) is 15.2 Å². The Morgan fingerprint density at radius 1 is 1.25 bits per heavy atom. The van der Waals surface area contributed by atoms with Crippen molar-refractivity contribution >= 4 is 50.2 Å². The first kappa shape index (κ1) is 24.7. The van der Waals surface area contributed by atoms with Gasteiger partial charge in [-0.1, -0.05) is 23.8 Å². The summed E-state index contributed by atoms with van der Waals surface area (Å²) in [6.45, 7) is 0.412. The summed E-state index contributed by atoms with van der Waals surface area (Å²) in [4.78, 5) is 14.6. The summed E-state index contributed by atoms with van der Waals surface area (Å²) in [5.74, 6) is -1.10. The molecule has 0 bridgehead atoms. The van der Waals surface area contributed by atoms with Gasteiger partial charge in [0.05, 0.1) is 4.88 Å². The molecule has 3 rings (SSSR count). The number of thiazole rings is 1. The number of nitrogens with zero attached hydrogens (tertiary/aromatic N) is 4. The highest BCUT2D eigenvalue weighted by Crippen LogP contribution is 2.40. The highest BCUT2D eigenvalue weighted by Gasteiger charge is 2.40. The van der Waals surface area contributed by atoms with Gasteiger partial charge >= 0.3 is 12.1 Å². The van der Waals surface area contributed by atoms with Crippen LogP contribution in [0.4, 0.5) is 13.2 Å². The Morgan fingerprint density at radius 3 is 2.56 bits per heavy atom. The van der Waals surface area contributed by atoms with Crippen LogP contribution in [0.3, 0.4) is 0 Å². The molecule has 0 aliphatic heterocycles. The molecule has 0 saturated carbocycles. The zero-order chi connectivity index (χ0) is 23.5. The zero-order valence-corrected chi connectivity index (χ0v) is 19.8. The number of carboxylic acid groups (broad SMARTS) is 1. The molecule has 1 N–H and O–H groups in total. The maximum atomic E-state index is 13.2. The van der Waals surface area contributed by atoms with Gasteiger partial charge in [-0.3, -0.25) is 0 Å². The number of aromatic carboxylic acids is 1. The Kier molecular flexibility index (Phi) is 7.62. The first-order valence-electron chi connectivity index (χ1n) is 9.09. The van der Waals surface area contributed by atoms with Crippen molar-refractivity contribution < 1.29 is 31.5 Å². The van der Waals surface area contributed by atoms with Crippen LogP contribution in [0.1, 0.15) is 34.6 Å². The number of sulfone groups is 1. The van der Waals surface area contributed by atoms with Crippen molar-refractivity contribution in [2.24, 2.45) is 0 Å². The van der Waals surface area contributed by atoms with Gasteiger partial charge < -0.3 is 9.67 Å². The SMILES string of the molecule is CS(=O)(=O)CCCCCn1c(Sc2nc(C(F)(F)F)c(C(=O)O)s2)nnc1-c1cccs1. The average molecular weight is 527 g/mol.